The molecule has 0 radical (unpaired) electrons. The van der Waals surface area contributed by atoms with E-state index < -0.39 is 16.6 Å². The van der Waals surface area contributed by atoms with Gasteiger partial charge in [-0.2, -0.15) is 0 Å². The number of carbonyl (C=O) groups excluding carboxylic acids is 1. The maximum absolute atomic E-state index is 13.5. The molecular formula is C26H32N4O5S. The third-order valence-corrected chi connectivity index (χ3v) is 8.78. The minimum atomic E-state index is -3.68. The van der Waals surface area contributed by atoms with Crippen LogP contribution < -0.4 is 14.9 Å². The molecule has 1 saturated carbocycles. The summed E-state index contributed by atoms with van der Waals surface area (Å²) in [4.78, 5) is 20.6. The molecule has 2 aliphatic carbocycles. The zero-order valence-corrected chi connectivity index (χ0v) is 21.2. The van der Waals surface area contributed by atoms with Gasteiger partial charge in [-0.1, -0.05) is 11.2 Å². The summed E-state index contributed by atoms with van der Waals surface area (Å²) >= 11 is 0. The van der Waals surface area contributed by atoms with Gasteiger partial charge in [0.15, 0.2) is 0 Å². The Morgan fingerprint density at radius 1 is 1.08 bits per heavy atom. The minimum absolute atomic E-state index is 0.260. The number of oxime groups is 1. The topological polar surface area (TPSA) is 120 Å². The molecule has 3 aliphatic rings. The van der Waals surface area contributed by atoms with Crippen molar-refractivity contribution in [1.82, 2.24) is 0 Å². The average Bonchev–Trinajstić information content (AvgIpc) is 3.49. The molecule has 0 unspecified atom stereocenters. The summed E-state index contributed by atoms with van der Waals surface area (Å²) < 4.78 is 27.0. The number of amides is 1. The van der Waals surface area contributed by atoms with Crippen LogP contribution in [0.25, 0.3) is 0 Å². The van der Waals surface area contributed by atoms with Crippen molar-refractivity contribution in [3.63, 3.8) is 0 Å². The number of rotatable bonds is 8. The van der Waals surface area contributed by atoms with E-state index in [-0.39, 0.29) is 11.7 Å². The molecule has 1 saturated heterocycles. The maximum atomic E-state index is 13.5. The standard InChI is InChI=1S/C26H32N4O5S/c1-35-28-23-7-3-18-2-4-19(16-22(18)23)27-25(32)21-6-5-20(29-36(33,34)15-14-31)17-24(21)30-12-10-26(8-9-26)11-13-30/h2,4-6,16-17,29,31H,3,7-15H2,1H3,(H,27,32)/b28-23+. The highest BCUT2D eigenvalue weighted by molar-refractivity contribution is 7.92. The molecule has 1 aliphatic heterocycles. The predicted molar refractivity (Wildman–Crippen MR) is 140 cm³/mol. The Bertz CT molecular complexity index is 1290. The largest absolute Gasteiger partial charge is 0.399 e. The third kappa shape index (κ3) is 5.19. The van der Waals surface area contributed by atoms with Crippen LogP contribution in [0.4, 0.5) is 17.1 Å². The van der Waals surface area contributed by atoms with Gasteiger partial charge in [-0.15, -0.1) is 0 Å². The van der Waals surface area contributed by atoms with Crippen LogP contribution in [0.2, 0.25) is 0 Å². The smallest absolute Gasteiger partial charge is 0.257 e. The Hall–Kier alpha value is -3.11. The van der Waals surface area contributed by atoms with Gasteiger partial charge in [-0.25, -0.2) is 8.42 Å². The maximum Gasteiger partial charge on any atom is 0.257 e. The molecule has 36 heavy (non-hydrogen) atoms. The highest BCUT2D eigenvalue weighted by Crippen LogP contribution is 2.54. The van der Waals surface area contributed by atoms with Gasteiger partial charge in [0.2, 0.25) is 10.0 Å². The first-order valence-corrected chi connectivity index (χ1v) is 14.0. The van der Waals surface area contributed by atoms with Gasteiger partial charge in [0, 0.05) is 24.3 Å². The van der Waals surface area contributed by atoms with E-state index in [2.05, 4.69) is 20.1 Å². The number of nitrogens with zero attached hydrogens (tertiary/aromatic N) is 2. The van der Waals surface area contributed by atoms with E-state index in [1.165, 1.54) is 25.5 Å². The number of benzene rings is 2. The van der Waals surface area contributed by atoms with Crippen molar-refractivity contribution in [1.29, 1.82) is 0 Å². The Morgan fingerprint density at radius 2 is 1.83 bits per heavy atom. The zero-order chi connectivity index (χ0) is 25.3. The van der Waals surface area contributed by atoms with Crippen LogP contribution in [0.1, 0.15) is 53.6 Å². The number of hydrogen-bond donors (Lipinski definition) is 3. The lowest BCUT2D eigenvalue weighted by Crippen LogP contribution is -2.35. The Labute approximate surface area is 211 Å². The van der Waals surface area contributed by atoms with Crippen LogP contribution in [0, 0.1) is 5.41 Å². The fraction of sp³-hybridized carbons (Fsp3) is 0.462. The molecule has 0 aromatic heterocycles. The van der Waals surface area contributed by atoms with Crippen molar-refractivity contribution in [3.05, 3.63) is 53.1 Å². The van der Waals surface area contributed by atoms with Gasteiger partial charge in [0.1, 0.15) is 7.11 Å². The lowest BCUT2D eigenvalue weighted by molar-refractivity contribution is 0.102. The highest BCUT2D eigenvalue weighted by Gasteiger charge is 2.44. The minimum Gasteiger partial charge on any atom is -0.399 e. The Morgan fingerprint density at radius 3 is 2.53 bits per heavy atom. The van der Waals surface area contributed by atoms with Crippen LogP contribution >= 0.6 is 0 Å². The molecule has 5 rings (SSSR count). The van der Waals surface area contributed by atoms with Crippen LogP contribution in [-0.2, 0) is 21.3 Å². The number of hydrogen-bond acceptors (Lipinski definition) is 7. The molecule has 1 amide bonds. The molecular weight excluding hydrogens is 480 g/mol. The number of piperidine rings is 1. The van der Waals surface area contributed by atoms with Crippen LogP contribution in [-0.4, -0.2) is 57.7 Å². The fourth-order valence-electron chi connectivity index (χ4n) is 5.23. The lowest BCUT2D eigenvalue weighted by atomic mass is 9.93. The molecule has 192 valence electrons. The Balaban J connectivity index is 1.42. The third-order valence-electron chi connectivity index (χ3n) is 7.51. The van der Waals surface area contributed by atoms with E-state index in [0.29, 0.717) is 28.0 Å². The first-order valence-electron chi connectivity index (χ1n) is 12.4. The molecule has 3 N–H and O–H groups in total. The molecule has 1 heterocycles. The van der Waals surface area contributed by atoms with E-state index >= 15 is 0 Å². The SMILES string of the molecule is CO/N=C1\CCc2ccc(NC(=O)c3ccc(NS(=O)(=O)CCO)cc3N3CCC4(CC3)CC4)cc21. The quantitative estimate of drug-likeness (QED) is 0.467. The van der Waals surface area contributed by atoms with Crippen LogP contribution in [0.15, 0.2) is 41.6 Å². The molecule has 0 atom stereocenters. The van der Waals surface area contributed by atoms with Crippen molar-refractivity contribution < 1.29 is 23.2 Å². The lowest BCUT2D eigenvalue weighted by Gasteiger charge is -2.35. The monoisotopic (exact) mass is 512 g/mol. The number of anilines is 3. The summed E-state index contributed by atoms with van der Waals surface area (Å²) in [5, 5.41) is 16.2. The van der Waals surface area contributed by atoms with Crippen molar-refractivity contribution in [2.45, 2.75) is 38.5 Å². The van der Waals surface area contributed by atoms with E-state index in [1.54, 1.807) is 18.2 Å². The second kappa shape index (κ2) is 9.74. The zero-order valence-electron chi connectivity index (χ0n) is 20.4. The summed E-state index contributed by atoms with van der Waals surface area (Å²) in [6, 6.07) is 10.8. The number of aliphatic hydroxyl groups excluding tert-OH is 1. The highest BCUT2D eigenvalue weighted by atomic mass is 32.2. The number of aryl methyl sites for hydroxylation is 1. The summed E-state index contributed by atoms with van der Waals surface area (Å²) in [6.07, 6.45) is 6.36. The number of aliphatic hydroxyl groups is 1. The molecule has 1 spiro atoms. The van der Waals surface area contributed by atoms with E-state index in [9.17, 15) is 13.2 Å². The van der Waals surface area contributed by atoms with Crippen molar-refractivity contribution in [3.8, 4) is 0 Å². The summed E-state index contributed by atoms with van der Waals surface area (Å²) in [7, 11) is -2.15. The van der Waals surface area contributed by atoms with Gasteiger partial charge >= 0.3 is 0 Å². The normalized spacial score (nSPS) is 19.3. The summed E-state index contributed by atoms with van der Waals surface area (Å²) in [5.74, 6) is -0.645. The molecule has 2 aromatic carbocycles. The van der Waals surface area contributed by atoms with Crippen LogP contribution in [0.3, 0.4) is 0 Å². The van der Waals surface area contributed by atoms with Gasteiger partial charge in [0.05, 0.1) is 35.0 Å². The molecule has 2 fully saturated rings. The van der Waals surface area contributed by atoms with Gasteiger partial charge < -0.3 is 20.2 Å². The van der Waals surface area contributed by atoms with E-state index in [1.807, 2.05) is 18.2 Å². The average molecular weight is 513 g/mol. The first kappa shape index (κ1) is 24.6. The molecule has 2 aromatic rings. The fourth-order valence-corrected chi connectivity index (χ4v) is 6.06. The van der Waals surface area contributed by atoms with Gasteiger partial charge in [-0.3, -0.25) is 9.52 Å². The van der Waals surface area contributed by atoms with Crippen LogP contribution in [0.5, 0.6) is 0 Å². The molecule has 9 nitrogen and oxygen atoms in total. The Kier molecular flexibility index (Phi) is 6.65. The van der Waals surface area contributed by atoms with Gasteiger partial charge in [0.25, 0.3) is 5.91 Å². The van der Waals surface area contributed by atoms with Gasteiger partial charge in [-0.05, 0) is 79.8 Å². The predicted octanol–water partition coefficient (Wildman–Crippen LogP) is 3.35. The molecule has 0 bridgehead atoms. The van der Waals surface area contributed by atoms with E-state index in [4.69, 9.17) is 9.94 Å². The number of carbonyl (C=O) groups is 1. The number of nitrogens with one attached hydrogen (secondary N) is 2. The van der Waals surface area contributed by atoms with Crippen molar-refractivity contribution >= 4 is 38.7 Å². The number of fused-ring (bicyclic) bond motifs is 1. The second-order valence-corrected chi connectivity index (χ2v) is 11.8. The second-order valence-electron chi connectivity index (χ2n) is 9.91. The van der Waals surface area contributed by atoms with Crippen molar-refractivity contribution in [2.24, 2.45) is 10.6 Å². The van der Waals surface area contributed by atoms with E-state index in [0.717, 1.165) is 50.0 Å². The first-order chi connectivity index (χ1) is 17.3. The van der Waals surface area contributed by atoms with Crippen molar-refractivity contribution in [2.75, 3.05) is 47.5 Å². The summed E-state index contributed by atoms with van der Waals surface area (Å²) in [5.41, 5.74) is 5.71. The summed E-state index contributed by atoms with van der Waals surface area (Å²) in [6.45, 7) is 1.18. The number of sulfonamides is 1. The molecule has 10 heteroatoms.